The van der Waals surface area contributed by atoms with Crippen molar-refractivity contribution in [1.82, 2.24) is 0 Å². The molecule has 0 saturated carbocycles. The van der Waals surface area contributed by atoms with Gasteiger partial charge in [-0.25, -0.2) is 4.79 Å². The maximum Gasteiger partial charge on any atom is 0.348 e. The zero-order chi connectivity index (χ0) is 19.0. The normalized spacial score (nSPS) is 14.2. The number of thiophene rings is 1. The summed E-state index contributed by atoms with van der Waals surface area (Å²) < 4.78 is 20.4. The Morgan fingerprint density at radius 2 is 1.80 bits per heavy atom. The van der Waals surface area contributed by atoms with E-state index in [1.807, 2.05) is 39.8 Å². The molecule has 1 aromatic carbocycles. The Morgan fingerprint density at radius 3 is 2.24 bits per heavy atom. The predicted molar refractivity (Wildman–Crippen MR) is 104 cm³/mol. The van der Waals surface area contributed by atoms with Gasteiger partial charge in [-0.2, -0.15) is 0 Å². The number of anilines is 1. The third kappa shape index (κ3) is 3.81. The average Bonchev–Trinajstić information content (AvgIpc) is 2.99. The monoisotopic (exact) mass is 381 g/mol. The summed E-state index contributed by atoms with van der Waals surface area (Å²) in [6.45, 7) is 8.00. The molecule has 25 heavy (non-hydrogen) atoms. The summed E-state index contributed by atoms with van der Waals surface area (Å²) in [5, 5.41) is 10.1. The third-order valence-corrected chi connectivity index (χ3v) is 7.99. The van der Waals surface area contributed by atoms with Crippen LogP contribution in [-0.2, 0) is 14.5 Å². The van der Waals surface area contributed by atoms with Gasteiger partial charge in [-0.05, 0) is 30.5 Å². The molecule has 5 nitrogen and oxygen atoms in total. The van der Waals surface area contributed by atoms with Crippen LogP contribution in [0, 0.1) is 6.92 Å². The quantitative estimate of drug-likeness (QED) is 0.764. The first-order chi connectivity index (χ1) is 11.5. The number of rotatable bonds is 5. The lowest BCUT2D eigenvalue weighted by Crippen LogP contribution is -2.24. The third-order valence-electron chi connectivity index (χ3n) is 4.00. The van der Waals surface area contributed by atoms with Crippen molar-refractivity contribution < 1.29 is 19.0 Å². The predicted octanol–water partition coefficient (Wildman–Crippen LogP) is 4.65. The lowest BCUT2D eigenvalue weighted by molar-refractivity contribution is 0.0703. The van der Waals surface area contributed by atoms with Crippen LogP contribution in [0.3, 0.4) is 0 Å². The molecule has 2 rings (SSSR count). The molecule has 0 bridgehead atoms. The molecule has 0 fully saturated rings. The molecule has 7 heteroatoms. The Kier molecular flexibility index (Phi) is 5.47. The summed E-state index contributed by atoms with van der Waals surface area (Å²) in [4.78, 5) is 12.8. The minimum absolute atomic E-state index is 0.164. The number of aryl methyl sites for hydroxylation is 1. The number of benzene rings is 1. The molecular weight excluding hydrogens is 357 g/mol. The summed E-state index contributed by atoms with van der Waals surface area (Å²) in [6.07, 6.45) is 0. The van der Waals surface area contributed by atoms with Gasteiger partial charge < -0.3 is 9.63 Å². The summed E-state index contributed by atoms with van der Waals surface area (Å²) in [6, 6.07) is 9.04. The summed E-state index contributed by atoms with van der Waals surface area (Å²) >= 11 is 1.21. The number of aromatic carboxylic acids is 1. The molecule has 0 aliphatic heterocycles. The fraction of sp³-hybridized carbons (Fsp3) is 0.389. The summed E-state index contributed by atoms with van der Waals surface area (Å²) in [5.74, 6) is -1.03. The van der Waals surface area contributed by atoms with E-state index in [0.717, 1.165) is 10.4 Å². The molecule has 1 heterocycles. The number of nitrogens with zero attached hydrogens (tertiary/aromatic N) is 1. The van der Waals surface area contributed by atoms with Gasteiger partial charge in [0, 0.05) is 19.0 Å². The second kappa shape index (κ2) is 6.94. The van der Waals surface area contributed by atoms with E-state index in [1.54, 1.807) is 25.2 Å². The summed E-state index contributed by atoms with van der Waals surface area (Å²) in [7, 11) is -0.415. The van der Waals surface area contributed by atoms with Gasteiger partial charge >= 0.3 is 13.5 Å². The number of carbonyl (C=O) groups is 1. The Morgan fingerprint density at radius 1 is 1.24 bits per heavy atom. The van der Waals surface area contributed by atoms with Crippen molar-refractivity contribution in [2.75, 3.05) is 18.8 Å². The number of hydrogen-bond donors (Lipinski definition) is 1. The number of carboxylic acids is 1. The van der Waals surface area contributed by atoms with Crippen molar-refractivity contribution in [2.45, 2.75) is 33.1 Å². The average molecular weight is 381 g/mol. The highest BCUT2D eigenvalue weighted by molar-refractivity contribution is 7.68. The van der Waals surface area contributed by atoms with Gasteiger partial charge in [0.15, 0.2) is 0 Å². The molecule has 1 atom stereocenters. The van der Waals surface area contributed by atoms with Crippen LogP contribution in [0.1, 0.15) is 40.9 Å². The van der Waals surface area contributed by atoms with Gasteiger partial charge in [-0.15, -0.1) is 11.3 Å². The van der Waals surface area contributed by atoms with Gasteiger partial charge in [0.2, 0.25) is 0 Å². The molecule has 0 aliphatic carbocycles. The Bertz CT molecular complexity index is 821. The molecule has 0 spiro atoms. The Balaban J connectivity index is 2.59. The Hall–Kier alpha value is -1.62. The highest BCUT2D eigenvalue weighted by atomic mass is 32.1. The highest BCUT2D eigenvalue weighted by Gasteiger charge is 2.35. The van der Waals surface area contributed by atoms with Crippen molar-refractivity contribution in [2.24, 2.45) is 0 Å². The first kappa shape index (κ1) is 19.7. The lowest BCUT2D eigenvalue weighted by Gasteiger charge is -2.28. The molecule has 1 N–H and O–H groups in total. The maximum absolute atomic E-state index is 13.5. The fourth-order valence-electron chi connectivity index (χ4n) is 2.42. The second-order valence-corrected chi connectivity index (χ2v) is 10.5. The molecule has 136 valence electrons. The SMILES string of the molecule is COP(=O)(c1ccc(C)cc1)N(C)c1cc(C(C)(C)C)sc1C(=O)O. The van der Waals surface area contributed by atoms with Gasteiger partial charge in [0.25, 0.3) is 0 Å². The van der Waals surface area contributed by atoms with E-state index in [1.165, 1.54) is 23.1 Å². The number of hydrogen-bond acceptors (Lipinski definition) is 4. The maximum atomic E-state index is 13.5. The standard InChI is InChI=1S/C18H24NO4PS/c1-12-7-9-13(10-8-12)24(22,23-6)19(5)14-11-15(18(2,3)4)25-16(14)17(20)21/h7-11H,1-6H3,(H,20,21). The molecule has 0 amide bonds. The minimum atomic E-state index is -3.41. The van der Waals surface area contributed by atoms with Crippen molar-refractivity contribution in [3.05, 3.63) is 45.6 Å². The van der Waals surface area contributed by atoms with Crippen molar-refractivity contribution in [1.29, 1.82) is 0 Å². The van der Waals surface area contributed by atoms with Crippen molar-refractivity contribution in [3.8, 4) is 0 Å². The van der Waals surface area contributed by atoms with Crippen molar-refractivity contribution in [3.63, 3.8) is 0 Å². The molecular formula is C18H24NO4PS. The van der Waals surface area contributed by atoms with Crippen LogP contribution < -0.4 is 9.97 Å². The van der Waals surface area contributed by atoms with Crippen molar-refractivity contribution >= 4 is 35.8 Å². The van der Waals surface area contributed by atoms with Crippen LogP contribution >= 0.6 is 18.9 Å². The topological polar surface area (TPSA) is 66.8 Å². The first-order valence-electron chi connectivity index (χ1n) is 7.85. The van der Waals surface area contributed by atoms with Crippen LogP contribution in [-0.4, -0.2) is 25.2 Å². The van der Waals surface area contributed by atoms with Crippen LogP contribution in [0.25, 0.3) is 0 Å². The van der Waals surface area contributed by atoms with Gasteiger partial charge in [0.05, 0.1) is 11.0 Å². The number of carboxylic acid groups (broad SMARTS) is 1. The second-order valence-electron chi connectivity index (χ2n) is 6.94. The Labute approximate surface area is 152 Å². The summed E-state index contributed by atoms with van der Waals surface area (Å²) in [5.41, 5.74) is 1.26. The van der Waals surface area contributed by atoms with E-state index < -0.39 is 13.5 Å². The van der Waals surface area contributed by atoms with Crippen LogP contribution in [0.5, 0.6) is 0 Å². The first-order valence-corrected chi connectivity index (χ1v) is 10.2. The smallest absolute Gasteiger partial charge is 0.348 e. The molecule has 1 unspecified atom stereocenters. The molecule has 2 aromatic rings. The van der Waals surface area contributed by atoms with E-state index in [0.29, 0.717) is 11.0 Å². The molecule has 0 radical (unpaired) electrons. The highest BCUT2D eigenvalue weighted by Crippen LogP contribution is 2.53. The zero-order valence-electron chi connectivity index (χ0n) is 15.4. The van der Waals surface area contributed by atoms with Crippen LogP contribution in [0.4, 0.5) is 5.69 Å². The minimum Gasteiger partial charge on any atom is -0.477 e. The molecule has 0 saturated heterocycles. The van der Waals surface area contributed by atoms with E-state index in [-0.39, 0.29) is 10.3 Å². The van der Waals surface area contributed by atoms with E-state index >= 15 is 0 Å². The van der Waals surface area contributed by atoms with E-state index in [2.05, 4.69) is 0 Å². The van der Waals surface area contributed by atoms with Crippen LogP contribution in [0.2, 0.25) is 0 Å². The van der Waals surface area contributed by atoms with Crippen LogP contribution in [0.15, 0.2) is 30.3 Å². The zero-order valence-corrected chi connectivity index (χ0v) is 17.1. The van der Waals surface area contributed by atoms with E-state index in [4.69, 9.17) is 4.52 Å². The lowest BCUT2D eigenvalue weighted by atomic mass is 9.94. The van der Waals surface area contributed by atoms with Gasteiger partial charge in [-0.3, -0.25) is 9.24 Å². The van der Waals surface area contributed by atoms with E-state index in [9.17, 15) is 14.5 Å². The van der Waals surface area contributed by atoms with Gasteiger partial charge in [0.1, 0.15) is 4.88 Å². The molecule has 0 aliphatic rings. The van der Waals surface area contributed by atoms with Gasteiger partial charge in [-0.1, -0.05) is 38.5 Å². The molecule has 1 aromatic heterocycles. The fourth-order valence-corrected chi connectivity index (χ4v) is 5.34. The largest absolute Gasteiger partial charge is 0.477 e.